The van der Waals surface area contributed by atoms with Gasteiger partial charge in [-0.3, -0.25) is 24.5 Å². The number of carbonyl (C=O) groups excluding carboxylic acids is 3. The zero-order valence-electron chi connectivity index (χ0n) is 14.6. The third-order valence-corrected chi connectivity index (χ3v) is 4.37. The van der Waals surface area contributed by atoms with E-state index >= 15 is 0 Å². The van der Waals surface area contributed by atoms with Gasteiger partial charge in [-0.15, -0.1) is 0 Å². The number of hydrogen-bond acceptors (Lipinski definition) is 7. The minimum Gasteiger partial charge on any atom is -0.469 e. The lowest BCUT2D eigenvalue weighted by Crippen LogP contribution is -2.41. The number of para-hydroxylation sites is 1. The average molecular weight is 361 g/mol. The molecule has 1 aliphatic rings. The third-order valence-electron chi connectivity index (χ3n) is 4.37. The van der Waals surface area contributed by atoms with Gasteiger partial charge in [0.25, 0.3) is 5.69 Å². The lowest BCUT2D eigenvalue weighted by molar-refractivity contribution is -0.385. The predicted molar refractivity (Wildman–Crippen MR) is 90.2 cm³/mol. The molecule has 26 heavy (non-hydrogen) atoms. The summed E-state index contributed by atoms with van der Waals surface area (Å²) in [5.41, 5.74) is 0.223. The molecule has 0 bridgehead atoms. The van der Waals surface area contributed by atoms with Crippen LogP contribution < -0.4 is 0 Å². The third kappa shape index (κ3) is 3.49. The molecule has 0 unspecified atom stereocenters. The van der Waals surface area contributed by atoms with Crippen molar-refractivity contribution in [2.75, 3.05) is 13.7 Å². The summed E-state index contributed by atoms with van der Waals surface area (Å²) < 4.78 is 9.81. The quantitative estimate of drug-likeness (QED) is 0.342. The highest BCUT2D eigenvalue weighted by Gasteiger charge is 2.49. The van der Waals surface area contributed by atoms with Crippen molar-refractivity contribution in [1.82, 2.24) is 0 Å². The smallest absolute Gasteiger partial charge is 0.317 e. The Kier molecular flexibility index (Phi) is 5.86. The van der Waals surface area contributed by atoms with Crippen LogP contribution in [-0.2, 0) is 23.9 Å². The van der Waals surface area contributed by atoms with Gasteiger partial charge in [0.1, 0.15) is 5.92 Å². The summed E-state index contributed by atoms with van der Waals surface area (Å²) in [7, 11) is 1.18. The summed E-state index contributed by atoms with van der Waals surface area (Å²) in [5.74, 6) is -5.50. The number of benzene rings is 1. The fourth-order valence-electron chi connectivity index (χ4n) is 3.31. The van der Waals surface area contributed by atoms with Crippen LogP contribution >= 0.6 is 0 Å². The molecule has 0 saturated carbocycles. The van der Waals surface area contributed by atoms with E-state index in [2.05, 4.69) is 0 Å². The number of methoxy groups -OCH3 is 1. The van der Waals surface area contributed by atoms with Gasteiger partial charge in [-0.05, 0) is 19.9 Å². The number of ketones is 1. The van der Waals surface area contributed by atoms with Crippen LogP contribution in [0.3, 0.4) is 0 Å². The van der Waals surface area contributed by atoms with Gasteiger partial charge in [-0.1, -0.05) is 23.8 Å². The Hall–Kier alpha value is -3.03. The first kappa shape index (κ1) is 19.3. The molecule has 2 rings (SSSR count). The maximum absolute atomic E-state index is 12.5. The molecule has 8 heteroatoms. The van der Waals surface area contributed by atoms with Crippen LogP contribution in [0.5, 0.6) is 0 Å². The summed E-state index contributed by atoms with van der Waals surface area (Å²) in [6, 6.07) is 5.74. The molecule has 8 nitrogen and oxygen atoms in total. The maximum atomic E-state index is 12.5. The van der Waals surface area contributed by atoms with E-state index in [0.717, 1.165) is 0 Å². The molecule has 0 spiro atoms. The van der Waals surface area contributed by atoms with Crippen LogP contribution in [0.15, 0.2) is 35.9 Å². The van der Waals surface area contributed by atoms with E-state index in [9.17, 15) is 24.5 Å². The Bertz CT molecular complexity index is 783. The van der Waals surface area contributed by atoms with Crippen molar-refractivity contribution in [3.8, 4) is 0 Å². The van der Waals surface area contributed by atoms with Crippen LogP contribution in [0, 0.1) is 22.0 Å². The highest BCUT2D eigenvalue weighted by atomic mass is 16.6. The minimum absolute atomic E-state index is 0.0395. The summed E-state index contributed by atoms with van der Waals surface area (Å²) in [6.07, 6.45) is 1.20. The van der Waals surface area contributed by atoms with Crippen LogP contribution in [-0.4, -0.2) is 36.4 Å². The number of nitrogens with zero attached hydrogens (tertiary/aromatic N) is 1. The number of ether oxygens (including phenoxy) is 2. The first-order chi connectivity index (χ1) is 12.3. The first-order valence-electron chi connectivity index (χ1n) is 8.03. The molecule has 1 aromatic carbocycles. The zero-order chi connectivity index (χ0) is 19.4. The van der Waals surface area contributed by atoms with E-state index in [1.807, 2.05) is 0 Å². The van der Waals surface area contributed by atoms with Crippen molar-refractivity contribution in [3.63, 3.8) is 0 Å². The molecule has 0 amide bonds. The van der Waals surface area contributed by atoms with E-state index in [0.29, 0.717) is 5.57 Å². The van der Waals surface area contributed by atoms with Gasteiger partial charge in [-0.25, -0.2) is 0 Å². The van der Waals surface area contributed by atoms with Crippen LogP contribution in [0.1, 0.15) is 25.3 Å². The Balaban J connectivity index is 2.72. The van der Waals surface area contributed by atoms with Crippen LogP contribution in [0.2, 0.25) is 0 Å². The van der Waals surface area contributed by atoms with Gasteiger partial charge in [0, 0.05) is 17.5 Å². The monoisotopic (exact) mass is 361 g/mol. The van der Waals surface area contributed by atoms with Crippen molar-refractivity contribution in [1.29, 1.82) is 0 Å². The number of esters is 2. The average Bonchev–Trinajstić information content (AvgIpc) is 2.60. The van der Waals surface area contributed by atoms with Crippen molar-refractivity contribution in [2.45, 2.75) is 19.8 Å². The van der Waals surface area contributed by atoms with Gasteiger partial charge in [-0.2, -0.15) is 0 Å². The Morgan fingerprint density at radius 2 is 1.85 bits per heavy atom. The van der Waals surface area contributed by atoms with Crippen molar-refractivity contribution in [3.05, 3.63) is 51.6 Å². The summed E-state index contributed by atoms with van der Waals surface area (Å²) >= 11 is 0. The molecule has 0 saturated heterocycles. The Morgan fingerprint density at radius 1 is 1.19 bits per heavy atom. The summed E-state index contributed by atoms with van der Waals surface area (Å²) in [6.45, 7) is 3.19. The second kappa shape index (κ2) is 7.90. The van der Waals surface area contributed by atoms with Gasteiger partial charge < -0.3 is 9.47 Å². The highest BCUT2D eigenvalue weighted by Crippen LogP contribution is 2.44. The fraction of sp³-hybridized carbons (Fsp3) is 0.389. The molecular formula is C18H19NO7. The van der Waals surface area contributed by atoms with Gasteiger partial charge in [0.15, 0.2) is 5.78 Å². The first-order valence-corrected chi connectivity index (χ1v) is 8.03. The second-order valence-electron chi connectivity index (χ2n) is 5.86. The number of allylic oxidation sites excluding steroid dienone is 1. The topological polar surface area (TPSA) is 113 Å². The molecule has 0 aromatic heterocycles. The highest BCUT2D eigenvalue weighted by molar-refractivity contribution is 6.08. The minimum atomic E-state index is -1.36. The number of carbonyl (C=O) groups is 3. The summed E-state index contributed by atoms with van der Waals surface area (Å²) in [4.78, 5) is 48.2. The van der Waals surface area contributed by atoms with Crippen molar-refractivity contribution in [2.24, 2.45) is 11.8 Å². The summed E-state index contributed by atoms with van der Waals surface area (Å²) in [5, 5.41) is 11.4. The van der Waals surface area contributed by atoms with Crippen LogP contribution in [0.25, 0.3) is 0 Å². The van der Waals surface area contributed by atoms with Crippen LogP contribution in [0.4, 0.5) is 5.69 Å². The Labute approximate surface area is 149 Å². The van der Waals surface area contributed by atoms with E-state index in [1.54, 1.807) is 19.9 Å². The normalized spacial score (nSPS) is 22.3. The lowest BCUT2D eigenvalue weighted by Gasteiger charge is -2.33. The largest absolute Gasteiger partial charge is 0.469 e. The molecule has 138 valence electrons. The number of hydrogen-bond donors (Lipinski definition) is 0. The van der Waals surface area contributed by atoms with Gasteiger partial charge in [0.2, 0.25) is 0 Å². The Morgan fingerprint density at radius 3 is 2.42 bits per heavy atom. The molecule has 1 aliphatic carbocycles. The number of rotatable bonds is 5. The number of nitro benzene ring substituents is 1. The molecule has 0 radical (unpaired) electrons. The SMILES string of the molecule is CCOC(=O)[C@H]1C(=O)C=C(C)[C@H](C(=O)OC)[C@@H]1c1ccccc1[N+](=O)[O-]. The molecule has 0 aliphatic heterocycles. The zero-order valence-corrected chi connectivity index (χ0v) is 14.6. The molecule has 1 aromatic rings. The van der Waals surface area contributed by atoms with E-state index in [-0.39, 0.29) is 17.9 Å². The fourth-order valence-corrected chi connectivity index (χ4v) is 3.31. The molecule has 0 fully saturated rings. The van der Waals surface area contributed by atoms with Gasteiger partial charge >= 0.3 is 11.9 Å². The molecule has 0 N–H and O–H groups in total. The van der Waals surface area contributed by atoms with E-state index in [4.69, 9.17) is 9.47 Å². The number of nitro groups is 1. The second-order valence-corrected chi connectivity index (χ2v) is 5.86. The lowest BCUT2D eigenvalue weighted by atomic mass is 9.68. The van der Waals surface area contributed by atoms with Crippen molar-refractivity contribution < 1.29 is 28.8 Å². The maximum Gasteiger partial charge on any atom is 0.317 e. The van der Waals surface area contributed by atoms with Gasteiger partial charge in [0.05, 0.1) is 24.6 Å². The molecule has 3 atom stereocenters. The molecular weight excluding hydrogens is 342 g/mol. The molecule has 0 heterocycles. The van der Waals surface area contributed by atoms with E-state index in [1.165, 1.54) is 31.4 Å². The standard InChI is InChI=1S/C18H19NO7/c1-4-26-18(22)16-13(20)9-10(2)14(17(21)25-3)15(16)11-7-5-6-8-12(11)19(23)24/h5-9,14-16H,4H2,1-3H3/t14-,15-,16-/m0/s1. The predicted octanol–water partition coefficient (Wildman–Crippen LogP) is 2.18. The van der Waals surface area contributed by atoms with E-state index < -0.39 is 40.4 Å². The van der Waals surface area contributed by atoms with Crippen molar-refractivity contribution >= 4 is 23.4 Å².